The molecule has 2 aromatic carbocycles. The normalized spacial score (nSPS) is 13.0. The number of rotatable bonds is 11. The summed E-state index contributed by atoms with van der Waals surface area (Å²) < 4.78 is 54.3. The predicted octanol–water partition coefficient (Wildman–Crippen LogP) is 9.38. The van der Waals surface area contributed by atoms with Gasteiger partial charge in [-0.15, -0.1) is 11.3 Å². The number of hydrogen-bond donors (Lipinski definition) is 0. The molecule has 0 saturated heterocycles. The number of esters is 1. The van der Waals surface area contributed by atoms with Crippen molar-refractivity contribution >= 4 is 27.4 Å². The van der Waals surface area contributed by atoms with Crippen LogP contribution in [0.3, 0.4) is 0 Å². The van der Waals surface area contributed by atoms with Crippen LogP contribution >= 0.6 is 11.3 Å². The lowest BCUT2D eigenvalue weighted by Gasteiger charge is -2.28. The van der Waals surface area contributed by atoms with E-state index in [9.17, 15) is 18.0 Å². The fraction of sp³-hybridized carbons (Fsp3) is 0.433. The molecular formula is C30H35F3O3S. The number of hydrogen-bond acceptors (Lipinski definition) is 4. The Hall–Kier alpha value is -2.80. The Morgan fingerprint density at radius 1 is 1.08 bits per heavy atom. The first-order valence-electron chi connectivity index (χ1n) is 12.6. The lowest BCUT2D eigenvalue weighted by atomic mass is 9.98. The number of ether oxygens (including phenoxy) is 2. The summed E-state index contributed by atoms with van der Waals surface area (Å²) in [6, 6.07) is 12.0. The molecule has 0 aliphatic heterocycles. The molecule has 0 N–H and O–H groups in total. The molecule has 3 nitrogen and oxygen atoms in total. The number of alkyl halides is 3. The van der Waals surface area contributed by atoms with Crippen LogP contribution in [0.5, 0.6) is 5.75 Å². The van der Waals surface area contributed by atoms with E-state index in [0.717, 1.165) is 29.3 Å². The van der Waals surface area contributed by atoms with E-state index in [0.29, 0.717) is 34.6 Å². The molecule has 0 aliphatic carbocycles. The maximum Gasteiger partial charge on any atom is 0.417 e. The van der Waals surface area contributed by atoms with Gasteiger partial charge in [0.05, 0.1) is 11.7 Å². The Morgan fingerprint density at radius 2 is 1.81 bits per heavy atom. The molecule has 1 unspecified atom stereocenters. The topological polar surface area (TPSA) is 35.5 Å². The maximum absolute atomic E-state index is 14.0. The van der Waals surface area contributed by atoms with Gasteiger partial charge in [-0.2, -0.15) is 13.2 Å². The van der Waals surface area contributed by atoms with Crippen molar-refractivity contribution in [1.82, 2.24) is 0 Å². The third-order valence-electron chi connectivity index (χ3n) is 6.05. The number of carbonyl (C=O) groups is 1. The van der Waals surface area contributed by atoms with Gasteiger partial charge in [-0.3, -0.25) is 0 Å². The fourth-order valence-corrected chi connectivity index (χ4v) is 5.47. The highest BCUT2D eigenvalue weighted by Gasteiger charge is 2.34. The van der Waals surface area contributed by atoms with Gasteiger partial charge in [0, 0.05) is 27.1 Å². The minimum absolute atomic E-state index is 0.199. The Bertz CT molecular complexity index is 1260. The molecule has 37 heavy (non-hydrogen) atoms. The predicted molar refractivity (Wildman–Crippen MR) is 145 cm³/mol. The zero-order valence-corrected chi connectivity index (χ0v) is 22.9. The Morgan fingerprint density at radius 3 is 2.46 bits per heavy atom. The van der Waals surface area contributed by atoms with Crippen LogP contribution in [0.25, 0.3) is 20.5 Å². The van der Waals surface area contributed by atoms with Gasteiger partial charge in [-0.25, -0.2) is 4.79 Å². The van der Waals surface area contributed by atoms with E-state index >= 15 is 0 Å². The lowest BCUT2D eigenvalue weighted by Crippen LogP contribution is -2.33. The SMILES string of the molecule is C=C(C)C(=O)OC(C)(C)CC(C)Oc1ccc2cc(-c3ccc(CCCCC)cc3C(F)(F)F)sc2c1. The Balaban J connectivity index is 1.81. The standard InChI is InChI=1S/C30H35F3O3S/c1-7-8-9-10-21-11-14-24(25(15-21)30(31,32)33)27-16-22-12-13-23(17-26(22)37-27)35-20(4)18-29(5,6)36-28(34)19(2)3/h11-17,20H,2,7-10,18H2,1,3-6H3. The van der Waals surface area contributed by atoms with Crippen LogP contribution in [0.15, 0.2) is 54.6 Å². The zero-order valence-electron chi connectivity index (χ0n) is 22.1. The smallest absolute Gasteiger partial charge is 0.417 e. The minimum Gasteiger partial charge on any atom is -0.491 e. The molecule has 0 bridgehead atoms. The minimum atomic E-state index is -4.43. The van der Waals surface area contributed by atoms with Crippen LogP contribution in [0.2, 0.25) is 0 Å². The molecule has 0 amide bonds. The van der Waals surface area contributed by atoms with Crippen LogP contribution in [0.1, 0.15) is 71.4 Å². The highest BCUT2D eigenvalue weighted by Crippen LogP contribution is 2.42. The van der Waals surface area contributed by atoms with Crippen molar-refractivity contribution in [1.29, 1.82) is 0 Å². The number of benzene rings is 2. The highest BCUT2D eigenvalue weighted by atomic mass is 32.1. The van der Waals surface area contributed by atoms with E-state index in [1.165, 1.54) is 17.4 Å². The Kier molecular flexibility index (Phi) is 9.11. The summed E-state index contributed by atoms with van der Waals surface area (Å²) in [6.07, 6.45) is -0.690. The average Bonchev–Trinajstić information content (AvgIpc) is 3.21. The number of fused-ring (bicyclic) bond motifs is 1. The molecule has 200 valence electrons. The summed E-state index contributed by atoms with van der Waals surface area (Å²) in [6.45, 7) is 12.8. The fourth-order valence-electron chi connectivity index (χ4n) is 4.34. The van der Waals surface area contributed by atoms with Gasteiger partial charge in [0.2, 0.25) is 0 Å². The van der Waals surface area contributed by atoms with Gasteiger partial charge in [0.1, 0.15) is 11.4 Å². The summed E-state index contributed by atoms with van der Waals surface area (Å²) >= 11 is 1.31. The van der Waals surface area contributed by atoms with Gasteiger partial charge in [0.15, 0.2) is 0 Å². The number of carbonyl (C=O) groups excluding carboxylic acids is 1. The number of thiophene rings is 1. The molecule has 3 aromatic rings. The van der Waals surface area contributed by atoms with Crippen molar-refractivity contribution in [2.75, 3.05) is 0 Å². The molecule has 0 fully saturated rings. The molecular weight excluding hydrogens is 497 g/mol. The second kappa shape index (κ2) is 11.7. The van der Waals surface area contributed by atoms with E-state index in [1.54, 1.807) is 19.1 Å². The number of halogens is 3. The zero-order chi connectivity index (χ0) is 27.4. The van der Waals surface area contributed by atoms with Crippen molar-refractivity contribution in [2.45, 2.75) is 84.6 Å². The molecule has 1 atom stereocenters. The molecule has 3 rings (SSSR count). The third kappa shape index (κ3) is 7.84. The van der Waals surface area contributed by atoms with Crippen LogP contribution in [0.4, 0.5) is 13.2 Å². The molecule has 1 aromatic heterocycles. The molecule has 0 aliphatic rings. The van der Waals surface area contributed by atoms with Crippen molar-refractivity contribution in [3.8, 4) is 16.2 Å². The number of unbranched alkanes of at least 4 members (excludes halogenated alkanes) is 2. The van der Waals surface area contributed by atoms with Crippen LogP contribution in [-0.2, 0) is 22.1 Å². The molecule has 0 radical (unpaired) electrons. The van der Waals surface area contributed by atoms with Gasteiger partial charge in [0.25, 0.3) is 0 Å². The third-order valence-corrected chi connectivity index (χ3v) is 7.18. The first-order chi connectivity index (χ1) is 17.3. The van der Waals surface area contributed by atoms with Crippen molar-refractivity contribution in [3.63, 3.8) is 0 Å². The van der Waals surface area contributed by atoms with Crippen molar-refractivity contribution in [2.24, 2.45) is 0 Å². The summed E-state index contributed by atoms with van der Waals surface area (Å²) in [4.78, 5) is 12.5. The summed E-state index contributed by atoms with van der Waals surface area (Å²) in [5.41, 5.74) is -0.0890. The average molecular weight is 533 g/mol. The number of aryl methyl sites for hydroxylation is 1. The maximum atomic E-state index is 14.0. The summed E-state index contributed by atoms with van der Waals surface area (Å²) in [5, 5.41) is 0.857. The van der Waals surface area contributed by atoms with E-state index in [2.05, 4.69) is 13.5 Å². The molecule has 7 heteroatoms. The van der Waals surface area contributed by atoms with Gasteiger partial charge >= 0.3 is 12.1 Å². The van der Waals surface area contributed by atoms with Crippen LogP contribution in [0, 0.1) is 0 Å². The Labute approximate surface area is 221 Å². The monoisotopic (exact) mass is 532 g/mol. The van der Waals surface area contributed by atoms with Crippen molar-refractivity contribution in [3.05, 3.63) is 65.7 Å². The largest absolute Gasteiger partial charge is 0.491 e. The van der Waals surface area contributed by atoms with E-state index in [1.807, 2.05) is 45.0 Å². The first kappa shape index (κ1) is 28.8. The van der Waals surface area contributed by atoms with Gasteiger partial charge < -0.3 is 9.47 Å². The quantitative estimate of drug-likeness (QED) is 0.140. The summed E-state index contributed by atoms with van der Waals surface area (Å²) in [5.74, 6) is 0.162. The van der Waals surface area contributed by atoms with E-state index < -0.39 is 23.3 Å². The second-order valence-electron chi connectivity index (χ2n) is 10.2. The van der Waals surface area contributed by atoms with Crippen LogP contribution < -0.4 is 4.74 Å². The molecule has 0 spiro atoms. The summed E-state index contributed by atoms with van der Waals surface area (Å²) in [7, 11) is 0. The van der Waals surface area contributed by atoms with Gasteiger partial charge in [-0.1, -0.05) is 38.5 Å². The van der Waals surface area contributed by atoms with E-state index in [4.69, 9.17) is 9.47 Å². The van der Waals surface area contributed by atoms with E-state index in [-0.39, 0.29) is 11.7 Å². The lowest BCUT2D eigenvalue weighted by molar-refractivity contribution is -0.153. The van der Waals surface area contributed by atoms with Crippen molar-refractivity contribution < 1.29 is 27.4 Å². The molecule has 1 heterocycles. The molecule has 0 saturated carbocycles. The highest BCUT2D eigenvalue weighted by molar-refractivity contribution is 7.22. The van der Waals surface area contributed by atoms with Crippen LogP contribution in [-0.4, -0.2) is 17.7 Å². The van der Waals surface area contributed by atoms with Gasteiger partial charge in [-0.05, 0) is 81.8 Å². The first-order valence-corrected chi connectivity index (χ1v) is 13.4. The second-order valence-corrected chi connectivity index (χ2v) is 11.3.